The average Bonchev–Trinajstić information content (AvgIpc) is 3.20. The highest BCUT2D eigenvalue weighted by Gasteiger charge is 2.47. The van der Waals surface area contributed by atoms with E-state index in [1.807, 2.05) is 54.7 Å². The van der Waals surface area contributed by atoms with Crippen LogP contribution in [0.2, 0.25) is 0 Å². The number of hydrogen-bond donors (Lipinski definition) is 0. The molecule has 2 saturated heterocycles. The number of likely N-dealkylation sites (tertiary alicyclic amines) is 1. The van der Waals surface area contributed by atoms with Gasteiger partial charge in [-0.2, -0.15) is 0 Å². The van der Waals surface area contributed by atoms with E-state index in [0.29, 0.717) is 6.54 Å². The van der Waals surface area contributed by atoms with Crippen molar-refractivity contribution in [3.63, 3.8) is 0 Å². The van der Waals surface area contributed by atoms with E-state index in [-0.39, 0.29) is 11.4 Å². The van der Waals surface area contributed by atoms with Gasteiger partial charge in [0.05, 0.1) is 18.6 Å². The third-order valence-corrected chi connectivity index (χ3v) is 5.70. The van der Waals surface area contributed by atoms with Crippen LogP contribution in [0.1, 0.15) is 12.2 Å². The van der Waals surface area contributed by atoms with Crippen LogP contribution >= 0.6 is 0 Å². The number of rotatable bonds is 3. The Labute approximate surface area is 148 Å². The number of nitrogens with zero attached hydrogens (tertiary/aromatic N) is 5. The number of aryl methyl sites for hydroxylation is 1. The lowest BCUT2D eigenvalue weighted by Gasteiger charge is -2.47. The second-order valence-corrected chi connectivity index (χ2v) is 7.31. The number of likely N-dealkylation sites (N-methyl/N-ethyl adjacent to an activating group) is 1. The lowest BCUT2D eigenvalue weighted by Crippen LogP contribution is -2.64. The maximum absolute atomic E-state index is 12.6. The summed E-state index contributed by atoms with van der Waals surface area (Å²) in [5, 5.41) is 0. The van der Waals surface area contributed by atoms with Crippen molar-refractivity contribution in [3.05, 3.63) is 48.5 Å². The van der Waals surface area contributed by atoms with Crippen LogP contribution in [0.25, 0.3) is 0 Å². The number of carbonyl (C=O) groups is 1. The summed E-state index contributed by atoms with van der Waals surface area (Å²) < 4.78 is 2.08. The molecule has 2 aromatic rings. The first-order chi connectivity index (χ1) is 12.1. The molecule has 1 amide bonds. The summed E-state index contributed by atoms with van der Waals surface area (Å²) in [7, 11) is 4.13. The van der Waals surface area contributed by atoms with Crippen LogP contribution in [0.3, 0.4) is 0 Å². The summed E-state index contributed by atoms with van der Waals surface area (Å²) >= 11 is 0. The fraction of sp³-hybridized carbons (Fsp3) is 0.474. The second kappa shape index (κ2) is 6.28. The topological polar surface area (TPSA) is 44.6 Å². The lowest BCUT2D eigenvalue weighted by atomic mass is 9.92. The zero-order chi connectivity index (χ0) is 17.4. The van der Waals surface area contributed by atoms with Gasteiger partial charge in [-0.3, -0.25) is 14.6 Å². The van der Waals surface area contributed by atoms with Crippen molar-refractivity contribution < 1.29 is 4.79 Å². The molecule has 4 rings (SSSR count). The van der Waals surface area contributed by atoms with Crippen LogP contribution in [-0.4, -0.2) is 64.0 Å². The van der Waals surface area contributed by atoms with E-state index in [1.165, 1.54) is 0 Å². The van der Waals surface area contributed by atoms with Gasteiger partial charge in [-0.05, 0) is 25.6 Å². The first kappa shape index (κ1) is 16.3. The SMILES string of the molecule is CN1CC(=O)N(c2ccccc2)C[C@]12CCN(Cc1nccn1C)C2. The third-order valence-electron chi connectivity index (χ3n) is 5.70. The summed E-state index contributed by atoms with van der Waals surface area (Å²) in [6.07, 6.45) is 4.91. The molecule has 0 bridgehead atoms. The van der Waals surface area contributed by atoms with Gasteiger partial charge >= 0.3 is 0 Å². The molecule has 3 heterocycles. The van der Waals surface area contributed by atoms with Gasteiger partial charge in [0.2, 0.25) is 5.91 Å². The van der Waals surface area contributed by atoms with E-state index in [2.05, 4.69) is 26.4 Å². The molecule has 6 nitrogen and oxygen atoms in total. The molecular weight excluding hydrogens is 314 g/mol. The predicted octanol–water partition coefficient (Wildman–Crippen LogP) is 1.34. The van der Waals surface area contributed by atoms with Crippen molar-refractivity contribution in [1.29, 1.82) is 0 Å². The molecule has 1 spiro atoms. The second-order valence-electron chi connectivity index (χ2n) is 7.31. The third kappa shape index (κ3) is 2.96. The van der Waals surface area contributed by atoms with Crippen LogP contribution in [-0.2, 0) is 18.4 Å². The summed E-state index contributed by atoms with van der Waals surface area (Å²) in [5.74, 6) is 1.27. The smallest absolute Gasteiger partial charge is 0.241 e. The van der Waals surface area contributed by atoms with E-state index >= 15 is 0 Å². The fourth-order valence-electron chi connectivity index (χ4n) is 4.07. The molecule has 0 saturated carbocycles. The van der Waals surface area contributed by atoms with Gasteiger partial charge in [0.1, 0.15) is 5.82 Å². The molecule has 1 aromatic carbocycles. The molecule has 132 valence electrons. The van der Waals surface area contributed by atoms with Crippen molar-refractivity contribution in [2.75, 3.05) is 38.1 Å². The maximum Gasteiger partial charge on any atom is 0.241 e. The van der Waals surface area contributed by atoms with Gasteiger partial charge in [0.25, 0.3) is 0 Å². The summed E-state index contributed by atoms with van der Waals surface area (Å²) in [6, 6.07) is 10.0. The van der Waals surface area contributed by atoms with E-state index in [0.717, 1.165) is 44.1 Å². The molecule has 1 atom stereocenters. The Morgan fingerprint density at radius 2 is 1.96 bits per heavy atom. The quantitative estimate of drug-likeness (QED) is 0.847. The molecule has 0 aliphatic carbocycles. The number of hydrogen-bond acceptors (Lipinski definition) is 4. The van der Waals surface area contributed by atoms with Gasteiger partial charge in [0, 0.05) is 44.8 Å². The van der Waals surface area contributed by atoms with Gasteiger partial charge in [0.15, 0.2) is 0 Å². The van der Waals surface area contributed by atoms with Crippen molar-refractivity contribution in [3.8, 4) is 0 Å². The van der Waals surface area contributed by atoms with Crippen molar-refractivity contribution in [1.82, 2.24) is 19.4 Å². The van der Waals surface area contributed by atoms with Crippen LogP contribution < -0.4 is 4.90 Å². The zero-order valence-corrected chi connectivity index (χ0v) is 14.9. The Hall–Kier alpha value is -2.18. The number of para-hydroxylation sites is 1. The number of carbonyl (C=O) groups excluding carboxylic acids is 1. The average molecular weight is 339 g/mol. The standard InChI is InChI=1S/C19H25N5O/c1-21-11-9-20-17(21)12-23-10-8-19(14-23)15-24(18(25)13-22(19)2)16-6-4-3-5-7-16/h3-7,9,11H,8,10,12-15H2,1-2H3/t19-/m1/s1. The minimum absolute atomic E-state index is 0.0227. The van der Waals surface area contributed by atoms with Crippen molar-refractivity contribution in [2.24, 2.45) is 7.05 Å². The Balaban J connectivity index is 1.52. The highest BCUT2D eigenvalue weighted by atomic mass is 16.2. The molecule has 6 heteroatoms. The van der Waals surface area contributed by atoms with E-state index in [9.17, 15) is 4.79 Å². The number of amides is 1. The number of aromatic nitrogens is 2. The maximum atomic E-state index is 12.6. The fourth-order valence-corrected chi connectivity index (χ4v) is 4.07. The summed E-state index contributed by atoms with van der Waals surface area (Å²) in [4.78, 5) is 23.7. The normalized spacial score (nSPS) is 25.2. The Kier molecular flexibility index (Phi) is 4.09. The van der Waals surface area contributed by atoms with Gasteiger partial charge in [-0.15, -0.1) is 0 Å². The number of piperazine rings is 1. The van der Waals surface area contributed by atoms with Crippen LogP contribution in [0, 0.1) is 0 Å². The molecule has 0 radical (unpaired) electrons. The first-order valence-corrected chi connectivity index (χ1v) is 8.83. The largest absolute Gasteiger partial charge is 0.337 e. The van der Waals surface area contributed by atoms with Crippen molar-refractivity contribution >= 4 is 11.6 Å². The molecule has 0 N–H and O–H groups in total. The highest BCUT2D eigenvalue weighted by molar-refractivity contribution is 5.96. The van der Waals surface area contributed by atoms with Gasteiger partial charge in [-0.25, -0.2) is 4.98 Å². The van der Waals surface area contributed by atoms with E-state index in [1.54, 1.807) is 0 Å². The molecule has 25 heavy (non-hydrogen) atoms. The Bertz CT molecular complexity index is 758. The monoisotopic (exact) mass is 339 g/mol. The molecule has 2 aliphatic heterocycles. The summed E-state index contributed by atoms with van der Waals surface area (Å²) in [6.45, 7) is 4.09. The first-order valence-electron chi connectivity index (χ1n) is 8.83. The number of anilines is 1. The van der Waals surface area contributed by atoms with Gasteiger partial charge in [-0.1, -0.05) is 18.2 Å². The lowest BCUT2D eigenvalue weighted by molar-refractivity contribution is -0.123. The molecule has 2 aliphatic rings. The summed E-state index contributed by atoms with van der Waals surface area (Å²) in [5.41, 5.74) is 1.03. The van der Waals surface area contributed by atoms with Gasteiger partial charge < -0.3 is 9.47 Å². The number of imidazole rings is 1. The minimum atomic E-state index is 0.0227. The minimum Gasteiger partial charge on any atom is -0.337 e. The number of benzene rings is 1. The molecule has 1 aromatic heterocycles. The molecule has 2 fully saturated rings. The highest BCUT2D eigenvalue weighted by Crippen LogP contribution is 2.33. The van der Waals surface area contributed by atoms with Crippen LogP contribution in [0.5, 0.6) is 0 Å². The van der Waals surface area contributed by atoms with Crippen LogP contribution in [0.4, 0.5) is 5.69 Å². The Morgan fingerprint density at radius 1 is 1.16 bits per heavy atom. The Morgan fingerprint density at radius 3 is 2.68 bits per heavy atom. The van der Waals surface area contributed by atoms with E-state index in [4.69, 9.17) is 0 Å². The zero-order valence-electron chi connectivity index (χ0n) is 14.9. The van der Waals surface area contributed by atoms with E-state index < -0.39 is 0 Å². The van der Waals surface area contributed by atoms with Crippen molar-refractivity contribution in [2.45, 2.75) is 18.5 Å². The molecular formula is C19H25N5O. The molecule has 0 unspecified atom stereocenters. The predicted molar refractivity (Wildman–Crippen MR) is 97.3 cm³/mol. The van der Waals surface area contributed by atoms with Crippen LogP contribution in [0.15, 0.2) is 42.7 Å².